The maximum atomic E-state index is 10.3. The number of rotatable bonds is 2. The Morgan fingerprint density at radius 1 is 1.20 bits per heavy atom. The van der Waals surface area contributed by atoms with Crippen LogP contribution in [0.4, 0.5) is 0 Å². The Hall–Kier alpha value is -1.52. The van der Waals surface area contributed by atoms with Crippen molar-refractivity contribution in [1.29, 1.82) is 0 Å². The molecule has 0 bridgehead atoms. The maximum Gasteiger partial charge on any atom is 0.129 e. The third kappa shape index (κ3) is 2.41. The molecule has 1 unspecified atom stereocenters. The highest BCUT2D eigenvalue weighted by atomic mass is 79.9. The zero-order chi connectivity index (χ0) is 14.1. The van der Waals surface area contributed by atoms with Crippen LogP contribution in [0.3, 0.4) is 0 Å². The van der Waals surface area contributed by atoms with E-state index in [-0.39, 0.29) is 6.10 Å². The molecular weight excluding hydrogens is 320 g/mol. The van der Waals surface area contributed by atoms with Gasteiger partial charge in [-0.3, -0.25) is 0 Å². The van der Waals surface area contributed by atoms with Crippen LogP contribution in [0.2, 0.25) is 0 Å². The Labute approximate surface area is 126 Å². The third-order valence-corrected chi connectivity index (χ3v) is 4.26. The smallest absolute Gasteiger partial charge is 0.129 e. The third-order valence-electron chi connectivity index (χ3n) is 3.54. The van der Waals surface area contributed by atoms with E-state index in [0.29, 0.717) is 12.2 Å². The fraction of sp³-hybridized carbons (Fsp3) is 0.250. The molecule has 0 amide bonds. The van der Waals surface area contributed by atoms with Crippen LogP contribution < -0.4 is 9.47 Å². The van der Waals surface area contributed by atoms with Crippen molar-refractivity contribution in [2.75, 3.05) is 7.11 Å². The minimum Gasteiger partial charge on any atom is -0.497 e. The topological polar surface area (TPSA) is 38.7 Å². The molecule has 0 fully saturated rings. The van der Waals surface area contributed by atoms with Crippen LogP contribution >= 0.6 is 15.9 Å². The van der Waals surface area contributed by atoms with E-state index in [2.05, 4.69) is 15.9 Å². The van der Waals surface area contributed by atoms with Crippen LogP contribution in [0, 0.1) is 0 Å². The predicted octanol–water partition coefficient (Wildman–Crippen LogP) is 4.01. The lowest BCUT2D eigenvalue weighted by Crippen LogP contribution is -2.19. The molecule has 1 aliphatic rings. The fourth-order valence-corrected chi connectivity index (χ4v) is 3.02. The summed E-state index contributed by atoms with van der Waals surface area (Å²) in [6.45, 7) is 0. The van der Waals surface area contributed by atoms with E-state index in [1.165, 1.54) is 0 Å². The molecule has 0 saturated carbocycles. The van der Waals surface area contributed by atoms with Crippen molar-refractivity contribution in [3.63, 3.8) is 0 Å². The molecule has 0 aromatic heterocycles. The number of aliphatic hydroxyl groups is 1. The average Bonchev–Trinajstić information content (AvgIpc) is 2.47. The van der Waals surface area contributed by atoms with Gasteiger partial charge in [-0.1, -0.05) is 34.1 Å². The van der Waals surface area contributed by atoms with Gasteiger partial charge in [-0.2, -0.15) is 0 Å². The molecule has 0 saturated heterocycles. The Morgan fingerprint density at radius 3 is 2.75 bits per heavy atom. The average molecular weight is 335 g/mol. The molecule has 0 radical (unpaired) electrons. The van der Waals surface area contributed by atoms with Crippen LogP contribution in [-0.4, -0.2) is 12.2 Å². The summed E-state index contributed by atoms with van der Waals surface area (Å²) >= 11 is 3.53. The molecule has 2 atom stereocenters. The maximum absolute atomic E-state index is 10.3. The van der Waals surface area contributed by atoms with Crippen molar-refractivity contribution in [2.45, 2.75) is 18.6 Å². The van der Waals surface area contributed by atoms with E-state index < -0.39 is 6.10 Å². The minimum atomic E-state index is -0.526. The molecule has 2 aromatic rings. The van der Waals surface area contributed by atoms with Gasteiger partial charge in [0.1, 0.15) is 17.6 Å². The summed E-state index contributed by atoms with van der Waals surface area (Å²) in [7, 11) is 1.62. The predicted molar refractivity (Wildman–Crippen MR) is 80.1 cm³/mol. The van der Waals surface area contributed by atoms with E-state index in [1.54, 1.807) is 7.11 Å². The van der Waals surface area contributed by atoms with E-state index in [4.69, 9.17) is 9.47 Å². The number of methoxy groups -OCH3 is 1. The van der Waals surface area contributed by atoms with Gasteiger partial charge in [-0.05, 0) is 18.2 Å². The summed E-state index contributed by atoms with van der Waals surface area (Å²) in [5, 5.41) is 10.3. The molecule has 4 heteroatoms. The van der Waals surface area contributed by atoms with Gasteiger partial charge in [-0.15, -0.1) is 0 Å². The Kier molecular flexibility index (Phi) is 3.68. The molecule has 104 valence electrons. The monoisotopic (exact) mass is 334 g/mol. The lowest BCUT2D eigenvalue weighted by Gasteiger charge is -2.30. The summed E-state index contributed by atoms with van der Waals surface area (Å²) < 4.78 is 12.2. The van der Waals surface area contributed by atoms with Crippen molar-refractivity contribution in [3.05, 3.63) is 58.1 Å². The molecule has 0 spiro atoms. The zero-order valence-electron chi connectivity index (χ0n) is 11.0. The van der Waals surface area contributed by atoms with Crippen molar-refractivity contribution in [2.24, 2.45) is 0 Å². The van der Waals surface area contributed by atoms with Gasteiger partial charge in [0.15, 0.2) is 0 Å². The number of ether oxygens (including phenoxy) is 2. The second kappa shape index (κ2) is 5.46. The number of fused-ring (bicyclic) bond motifs is 1. The summed E-state index contributed by atoms with van der Waals surface area (Å²) in [5.74, 6) is 1.41. The molecule has 20 heavy (non-hydrogen) atoms. The van der Waals surface area contributed by atoms with Gasteiger partial charge in [0, 0.05) is 28.1 Å². The normalized spacial score (nSPS) is 20.9. The zero-order valence-corrected chi connectivity index (χ0v) is 12.6. The van der Waals surface area contributed by atoms with E-state index in [9.17, 15) is 5.11 Å². The Bertz CT molecular complexity index is 627. The molecule has 0 aliphatic carbocycles. The number of hydrogen-bond acceptors (Lipinski definition) is 3. The molecule has 3 rings (SSSR count). The second-order valence-electron chi connectivity index (χ2n) is 4.78. The highest BCUT2D eigenvalue weighted by Crippen LogP contribution is 2.43. The standard InChI is InChI=1S/C16H15BrO3/c1-19-10-6-7-12-14(18)9-16(20-15(12)8-10)11-4-2-3-5-13(11)17/h2-8,14,16,18H,9H2,1H3/t14-,16?/m0/s1. The van der Waals surface area contributed by atoms with Gasteiger partial charge in [0.05, 0.1) is 13.2 Å². The first-order chi connectivity index (χ1) is 9.69. The summed E-state index contributed by atoms with van der Waals surface area (Å²) in [5.41, 5.74) is 1.86. The molecule has 3 nitrogen and oxygen atoms in total. The highest BCUT2D eigenvalue weighted by Gasteiger charge is 2.29. The van der Waals surface area contributed by atoms with Crippen LogP contribution in [0.25, 0.3) is 0 Å². The Balaban J connectivity index is 1.97. The van der Waals surface area contributed by atoms with Crippen molar-refractivity contribution < 1.29 is 14.6 Å². The van der Waals surface area contributed by atoms with E-state index in [1.807, 2.05) is 42.5 Å². The molecule has 1 heterocycles. The number of benzene rings is 2. The van der Waals surface area contributed by atoms with Crippen LogP contribution in [0.5, 0.6) is 11.5 Å². The molecule has 2 aromatic carbocycles. The number of halogens is 1. The lowest BCUT2D eigenvalue weighted by atomic mass is 9.95. The van der Waals surface area contributed by atoms with Gasteiger partial charge in [0.25, 0.3) is 0 Å². The van der Waals surface area contributed by atoms with E-state index >= 15 is 0 Å². The molecular formula is C16H15BrO3. The van der Waals surface area contributed by atoms with Crippen molar-refractivity contribution in [1.82, 2.24) is 0 Å². The first-order valence-corrected chi connectivity index (χ1v) is 7.25. The lowest BCUT2D eigenvalue weighted by molar-refractivity contribution is 0.0651. The van der Waals surface area contributed by atoms with Gasteiger partial charge in [0.2, 0.25) is 0 Å². The van der Waals surface area contributed by atoms with Crippen LogP contribution in [-0.2, 0) is 0 Å². The van der Waals surface area contributed by atoms with Gasteiger partial charge >= 0.3 is 0 Å². The van der Waals surface area contributed by atoms with Crippen LogP contribution in [0.1, 0.15) is 29.8 Å². The summed E-state index contributed by atoms with van der Waals surface area (Å²) in [6, 6.07) is 13.4. The first kappa shape index (κ1) is 13.5. The highest BCUT2D eigenvalue weighted by molar-refractivity contribution is 9.10. The second-order valence-corrected chi connectivity index (χ2v) is 5.64. The number of aliphatic hydroxyl groups excluding tert-OH is 1. The summed E-state index contributed by atoms with van der Waals surface area (Å²) in [6.07, 6.45) is -0.149. The quantitative estimate of drug-likeness (QED) is 0.901. The van der Waals surface area contributed by atoms with Gasteiger partial charge < -0.3 is 14.6 Å². The van der Waals surface area contributed by atoms with Crippen LogP contribution in [0.15, 0.2) is 46.9 Å². The molecule has 1 aliphatic heterocycles. The van der Waals surface area contributed by atoms with Crippen molar-refractivity contribution in [3.8, 4) is 11.5 Å². The number of hydrogen-bond donors (Lipinski definition) is 1. The minimum absolute atomic E-state index is 0.166. The largest absolute Gasteiger partial charge is 0.497 e. The molecule has 1 N–H and O–H groups in total. The fourth-order valence-electron chi connectivity index (χ4n) is 2.48. The SMILES string of the molecule is COc1ccc2c(c1)OC(c1ccccc1Br)C[C@@H]2O. The first-order valence-electron chi connectivity index (χ1n) is 6.46. The van der Waals surface area contributed by atoms with Gasteiger partial charge in [-0.25, -0.2) is 0 Å². The van der Waals surface area contributed by atoms with Crippen molar-refractivity contribution >= 4 is 15.9 Å². The summed E-state index contributed by atoms with van der Waals surface area (Å²) in [4.78, 5) is 0. The Morgan fingerprint density at radius 2 is 2.00 bits per heavy atom. The van der Waals surface area contributed by atoms with E-state index in [0.717, 1.165) is 21.3 Å².